The maximum Gasteiger partial charge on any atom is 0.292 e. The number of para-hydroxylation sites is 1. The Hall–Kier alpha value is -6.05. The number of carbonyl (C=O) groups is 3. The Kier molecular flexibility index (Phi) is 11.3. The van der Waals surface area contributed by atoms with Gasteiger partial charge in [-0.05, 0) is 56.6 Å². The van der Waals surface area contributed by atoms with Gasteiger partial charge < -0.3 is 19.7 Å². The van der Waals surface area contributed by atoms with Crippen LogP contribution in [0.15, 0.2) is 42.9 Å². The number of fused-ring (bicyclic) bond motifs is 4. The zero-order valence-corrected chi connectivity index (χ0v) is 35.6. The van der Waals surface area contributed by atoms with Crippen LogP contribution in [0.5, 0.6) is 0 Å². The molecule has 3 atom stereocenters. The van der Waals surface area contributed by atoms with E-state index in [1.165, 1.54) is 26.3 Å². The van der Waals surface area contributed by atoms with E-state index in [4.69, 9.17) is 9.47 Å². The van der Waals surface area contributed by atoms with E-state index in [2.05, 4.69) is 47.7 Å². The Morgan fingerprint density at radius 1 is 1.05 bits per heavy atom. The van der Waals surface area contributed by atoms with Crippen molar-refractivity contribution >= 4 is 45.8 Å². The van der Waals surface area contributed by atoms with Gasteiger partial charge in [-0.3, -0.25) is 34.0 Å². The number of anilines is 2. The zero-order chi connectivity index (χ0) is 46.1. The predicted octanol–water partition coefficient (Wildman–Crippen LogP) is 5.25. The normalized spacial score (nSPS) is 25.5. The third kappa shape index (κ3) is 8.25. The number of likely N-dealkylation sites (tertiary alicyclic amines) is 1. The summed E-state index contributed by atoms with van der Waals surface area (Å²) in [4.78, 5) is 45.6. The highest BCUT2D eigenvalue weighted by atomic mass is 19.3. The Morgan fingerprint density at radius 3 is 2.55 bits per heavy atom. The highest BCUT2D eigenvalue weighted by Crippen LogP contribution is 2.42. The highest BCUT2D eigenvalue weighted by Gasteiger charge is 2.61. The highest BCUT2D eigenvalue weighted by molar-refractivity contribution is 6.08. The molecule has 5 fully saturated rings. The van der Waals surface area contributed by atoms with Crippen LogP contribution in [0.2, 0.25) is 0 Å². The van der Waals surface area contributed by atoms with Crippen molar-refractivity contribution in [1.82, 2.24) is 44.4 Å². The number of morpholine rings is 1. The third-order valence-electron chi connectivity index (χ3n) is 13.4. The molecular weight excluding hydrogens is 877 g/mol. The molecule has 1 aromatic carbocycles. The van der Waals surface area contributed by atoms with Crippen molar-refractivity contribution in [2.24, 2.45) is 13.0 Å². The first-order valence-electron chi connectivity index (χ1n) is 21.9. The summed E-state index contributed by atoms with van der Waals surface area (Å²) >= 11 is 0. The van der Waals surface area contributed by atoms with E-state index < -0.39 is 67.5 Å². The van der Waals surface area contributed by atoms with E-state index in [0.29, 0.717) is 66.8 Å². The molecule has 22 heteroatoms. The summed E-state index contributed by atoms with van der Waals surface area (Å²) in [6.45, 7) is -1.36. The summed E-state index contributed by atoms with van der Waals surface area (Å²) in [5.74, 6) is -4.14. The molecule has 5 aromatic rings. The lowest BCUT2D eigenvalue weighted by Gasteiger charge is -2.44. The Labute approximate surface area is 372 Å². The van der Waals surface area contributed by atoms with Crippen LogP contribution in [0, 0.1) is 17.8 Å². The van der Waals surface area contributed by atoms with Gasteiger partial charge in [0.25, 0.3) is 24.2 Å². The average molecular weight is 922 g/mol. The van der Waals surface area contributed by atoms with Gasteiger partial charge in [-0.1, -0.05) is 24.0 Å². The van der Waals surface area contributed by atoms with E-state index in [-0.39, 0.29) is 66.3 Å². The van der Waals surface area contributed by atoms with Crippen LogP contribution >= 0.6 is 0 Å². The van der Waals surface area contributed by atoms with Crippen LogP contribution in [0.1, 0.15) is 90.6 Å². The topological polar surface area (TPSA) is 166 Å². The summed E-state index contributed by atoms with van der Waals surface area (Å²) < 4.78 is 106. The molecule has 1 saturated carbocycles. The molecule has 0 spiro atoms. The fraction of sp³-hybridized carbons (Fsp3) is 0.523. The molecule has 8 heterocycles. The fourth-order valence-corrected chi connectivity index (χ4v) is 10.3. The molecule has 4 aromatic heterocycles. The van der Waals surface area contributed by atoms with Crippen molar-refractivity contribution in [3.63, 3.8) is 0 Å². The Balaban J connectivity index is 0.741. The molecular formula is C44H45F6N11O5. The maximum absolute atomic E-state index is 15.5. The summed E-state index contributed by atoms with van der Waals surface area (Å²) in [6, 6.07) is 6.71. The zero-order valence-electron chi connectivity index (χ0n) is 35.6. The van der Waals surface area contributed by atoms with Gasteiger partial charge in [-0.25, -0.2) is 35.8 Å². The summed E-state index contributed by atoms with van der Waals surface area (Å²) in [6.07, 6.45) is 1.83. The molecule has 2 N–H and O–H groups in total. The number of halogens is 6. The number of rotatable bonds is 10. The van der Waals surface area contributed by atoms with Gasteiger partial charge in [0.15, 0.2) is 17.4 Å². The van der Waals surface area contributed by atoms with Crippen LogP contribution in [0.25, 0.3) is 16.6 Å². The number of nitrogens with zero attached hydrogens (tertiary/aromatic N) is 9. The minimum atomic E-state index is -3.91. The summed E-state index contributed by atoms with van der Waals surface area (Å²) in [7, 11) is 1.65. The van der Waals surface area contributed by atoms with Gasteiger partial charge in [0.2, 0.25) is 11.8 Å². The number of ether oxygens (including phenoxy) is 2. The van der Waals surface area contributed by atoms with Gasteiger partial charge in [0.1, 0.15) is 18.0 Å². The number of imide groups is 1. The fourth-order valence-electron chi connectivity index (χ4n) is 10.3. The largest absolute Gasteiger partial charge is 0.374 e. The molecule has 66 heavy (non-hydrogen) atoms. The van der Waals surface area contributed by atoms with Crippen molar-refractivity contribution in [3.05, 3.63) is 65.4 Å². The van der Waals surface area contributed by atoms with Crippen LogP contribution in [-0.2, 0) is 26.1 Å². The summed E-state index contributed by atoms with van der Waals surface area (Å²) in [5.41, 5.74) is 0.994. The molecule has 3 amide bonds. The first-order valence-corrected chi connectivity index (χ1v) is 21.9. The van der Waals surface area contributed by atoms with Gasteiger partial charge in [0.05, 0.1) is 72.5 Å². The monoisotopic (exact) mass is 921 g/mol. The van der Waals surface area contributed by atoms with Gasteiger partial charge in [-0.15, -0.1) is 0 Å². The maximum atomic E-state index is 15.5. The molecule has 10 rings (SSSR count). The van der Waals surface area contributed by atoms with Crippen molar-refractivity contribution in [1.29, 1.82) is 0 Å². The first kappa shape index (κ1) is 43.8. The van der Waals surface area contributed by atoms with Crippen LogP contribution in [0.4, 0.5) is 37.8 Å². The summed E-state index contributed by atoms with van der Waals surface area (Å²) in [5, 5.41) is 18.4. The lowest BCUT2D eigenvalue weighted by molar-refractivity contribution is -0.266. The van der Waals surface area contributed by atoms with Crippen molar-refractivity contribution in [2.45, 2.75) is 93.4 Å². The minimum absolute atomic E-state index is 0.0230. The molecule has 0 radical (unpaired) electrons. The predicted molar refractivity (Wildman–Crippen MR) is 223 cm³/mol. The molecule has 16 nitrogen and oxygen atoms in total. The lowest BCUT2D eigenvalue weighted by Crippen LogP contribution is -2.64. The van der Waals surface area contributed by atoms with Crippen molar-refractivity contribution in [2.75, 3.05) is 49.6 Å². The third-order valence-corrected chi connectivity index (χ3v) is 13.4. The van der Waals surface area contributed by atoms with E-state index in [0.717, 1.165) is 11.3 Å². The molecule has 4 saturated heterocycles. The number of carbonyl (C=O) groups excluding carboxylic acids is 3. The minimum Gasteiger partial charge on any atom is -0.374 e. The number of nitrogens with one attached hydrogen (secondary N) is 2. The number of benzene rings is 1. The number of hydrogen-bond acceptors (Lipinski definition) is 11. The smallest absolute Gasteiger partial charge is 0.292 e. The number of hydrogen-bond donors (Lipinski definition) is 2. The molecule has 348 valence electrons. The number of alkyl halides is 6. The van der Waals surface area contributed by atoms with Crippen molar-refractivity contribution in [3.8, 4) is 11.8 Å². The Morgan fingerprint density at radius 2 is 1.83 bits per heavy atom. The quantitative estimate of drug-likeness (QED) is 0.107. The average Bonchev–Trinajstić information content (AvgIpc) is 4.12. The first-order chi connectivity index (χ1) is 31.6. The van der Waals surface area contributed by atoms with E-state index in [1.54, 1.807) is 37.5 Å². The van der Waals surface area contributed by atoms with E-state index in [1.807, 2.05) is 0 Å². The molecule has 5 aliphatic rings. The van der Waals surface area contributed by atoms with Crippen LogP contribution in [-0.4, -0.2) is 126 Å². The second-order valence-corrected chi connectivity index (χ2v) is 17.8. The molecule has 4 aliphatic heterocycles. The second kappa shape index (κ2) is 17.0. The van der Waals surface area contributed by atoms with Gasteiger partial charge in [-0.2, -0.15) is 15.3 Å². The molecule has 1 unspecified atom stereocenters. The van der Waals surface area contributed by atoms with Crippen LogP contribution in [0.3, 0.4) is 0 Å². The van der Waals surface area contributed by atoms with E-state index in [9.17, 15) is 23.2 Å². The number of piperidine rings is 2. The standard InChI is InChI=1S/C44H45F6N11O5/c1-57-37-25(4-2-6-29(37)35(55-57)30-11-12-34(62)54-40(30)63)5-3-15-65-42-43(47,48)22-58(23-44(42,49)50)18-24-7-9-26(10-8-24)61-20-32(36(56-61)38(45)46)52-41(64)31-17-51-60-14-13-33(53-39(31)60)59-19-28-16-27(59)21-66-28/h2,4,6,13-14,17,20,24,26-28,30,38,42H,7-12,15-16,18-19,21-23H2,1H3,(H,52,64)(H,54,62,63)/t24?,26?,27-,28-,30?/m1/s1. The Bertz CT molecular complexity index is 2760. The molecule has 1 aliphatic carbocycles. The SMILES string of the molecule is Cn1nc(C2CCC(=O)NC2=O)c2cccc(C#CCOC3C(F)(F)CN(CC4CCC(n5cc(NC(=O)c6cnn7ccc(N8C[C@H]9C[C@@H]8CO9)nc67)c(C(F)F)n5)CC4)CC3(F)F)c21. The van der Waals surface area contributed by atoms with Gasteiger partial charge >= 0.3 is 0 Å². The van der Waals surface area contributed by atoms with Crippen LogP contribution < -0.4 is 15.5 Å². The number of aromatic nitrogens is 7. The molecule has 2 bridgehead atoms. The van der Waals surface area contributed by atoms with E-state index >= 15 is 17.6 Å². The number of aryl methyl sites for hydroxylation is 1. The number of amides is 3. The van der Waals surface area contributed by atoms with Crippen molar-refractivity contribution < 1.29 is 50.2 Å². The van der Waals surface area contributed by atoms with Gasteiger partial charge in [0, 0.05) is 44.3 Å². The second-order valence-electron chi connectivity index (χ2n) is 17.8. The lowest BCUT2D eigenvalue weighted by atomic mass is 9.85.